The summed E-state index contributed by atoms with van der Waals surface area (Å²) in [6.07, 6.45) is 4.41. The lowest BCUT2D eigenvalue weighted by molar-refractivity contribution is 1.39. The molecule has 0 spiro atoms. The van der Waals surface area contributed by atoms with Crippen LogP contribution >= 0.6 is 0 Å². The van der Waals surface area contributed by atoms with Crippen molar-refractivity contribution in [1.82, 2.24) is 4.98 Å². The molecule has 0 saturated heterocycles. The van der Waals surface area contributed by atoms with Crippen molar-refractivity contribution in [3.05, 3.63) is 234 Å². The molecule has 1 nitrogen and oxygen atoms in total. The molecule has 9 aromatic carbocycles. The molecule has 0 N–H and O–H groups in total. The Balaban J connectivity index is 1.13. The summed E-state index contributed by atoms with van der Waals surface area (Å²) in [5.74, 6) is 0. The van der Waals surface area contributed by atoms with E-state index in [4.69, 9.17) is 4.98 Å². The van der Waals surface area contributed by atoms with Crippen LogP contribution in [0, 0.1) is 27.7 Å². The fraction of sp³-hybridized carbons (Fsp3) is 0.0635. The minimum atomic E-state index is 0.978. The van der Waals surface area contributed by atoms with Gasteiger partial charge in [-0.15, -0.1) is 0 Å². The molecule has 1 aliphatic rings. The third-order valence-electron chi connectivity index (χ3n) is 12.8. The van der Waals surface area contributed by atoms with Gasteiger partial charge in [0.1, 0.15) is 0 Å². The second-order valence-corrected chi connectivity index (χ2v) is 17.6. The summed E-state index contributed by atoms with van der Waals surface area (Å²) in [4.78, 5) is 5.21. The number of hydrogen-bond acceptors (Lipinski definition) is 1. The van der Waals surface area contributed by atoms with Crippen LogP contribution in [0.15, 0.2) is 200 Å². The summed E-state index contributed by atoms with van der Waals surface area (Å²) in [6.45, 7) is 8.60. The first-order valence-electron chi connectivity index (χ1n) is 22.2. The zero-order valence-electron chi connectivity index (χ0n) is 36.7. The molecule has 1 aromatic heterocycles. The second kappa shape index (κ2) is 16.1. The van der Waals surface area contributed by atoms with Crippen molar-refractivity contribution < 1.29 is 0 Å². The fourth-order valence-electron chi connectivity index (χ4n) is 9.17. The van der Waals surface area contributed by atoms with E-state index in [9.17, 15) is 0 Å². The normalized spacial score (nSPS) is 11.7. The highest BCUT2D eigenvalue weighted by Gasteiger charge is 2.16. The van der Waals surface area contributed by atoms with Crippen LogP contribution in [-0.2, 0) is 0 Å². The van der Waals surface area contributed by atoms with Crippen molar-refractivity contribution in [1.29, 1.82) is 0 Å². The van der Waals surface area contributed by atoms with Crippen LogP contribution in [0.25, 0.3) is 112 Å². The van der Waals surface area contributed by atoms with Crippen molar-refractivity contribution >= 4 is 23.1 Å². The number of aromatic nitrogens is 1. The SMILES string of the molecule is Cc1ccc(-c2cc(-c3ccc(C)cc3)cc(-c3cc(-c4cc(-c5ccc(C)cc5)cc(-c5ccc(C)cc5)c4)cc(-c4cccc(-c5cc6c7c(cccc7n5)C=C6)c4)c3)c2)cc1. The first kappa shape index (κ1) is 39.0. The second-order valence-electron chi connectivity index (χ2n) is 17.6. The third kappa shape index (κ3) is 7.67. The van der Waals surface area contributed by atoms with E-state index in [1.54, 1.807) is 0 Å². The molecule has 1 aliphatic carbocycles. The van der Waals surface area contributed by atoms with E-state index in [0.717, 1.165) is 39.0 Å². The number of benzene rings is 9. The molecule has 1 heterocycles. The van der Waals surface area contributed by atoms with Crippen molar-refractivity contribution in [2.75, 3.05) is 0 Å². The van der Waals surface area contributed by atoms with Gasteiger partial charge in [-0.25, -0.2) is 4.98 Å². The van der Waals surface area contributed by atoms with Gasteiger partial charge in [0.25, 0.3) is 0 Å². The van der Waals surface area contributed by atoms with E-state index in [0.29, 0.717) is 0 Å². The van der Waals surface area contributed by atoms with Crippen LogP contribution in [0.4, 0.5) is 0 Å². The fourth-order valence-corrected chi connectivity index (χ4v) is 9.17. The molecule has 0 unspecified atom stereocenters. The lowest BCUT2D eigenvalue weighted by Crippen LogP contribution is -1.92. The van der Waals surface area contributed by atoms with Gasteiger partial charge in [-0.1, -0.05) is 162 Å². The molecule has 0 saturated carbocycles. The van der Waals surface area contributed by atoms with Crippen LogP contribution in [0.5, 0.6) is 0 Å². The maximum absolute atomic E-state index is 5.21. The maximum Gasteiger partial charge on any atom is 0.0721 e. The summed E-state index contributed by atoms with van der Waals surface area (Å²) in [6, 6.07) is 74.5. The summed E-state index contributed by atoms with van der Waals surface area (Å²) in [5, 5.41) is 1.23. The van der Waals surface area contributed by atoms with Crippen molar-refractivity contribution in [2.24, 2.45) is 0 Å². The Morgan fingerprint density at radius 2 is 0.562 bits per heavy atom. The van der Waals surface area contributed by atoms with Gasteiger partial charge in [0.15, 0.2) is 0 Å². The van der Waals surface area contributed by atoms with Gasteiger partial charge in [-0.2, -0.15) is 0 Å². The number of aryl methyl sites for hydroxylation is 4. The van der Waals surface area contributed by atoms with E-state index >= 15 is 0 Å². The molecule has 0 amide bonds. The molecule has 304 valence electrons. The topological polar surface area (TPSA) is 12.9 Å². The minimum Gasteiger partial charge on any atom is -0.248 e. The van der Waals surface area contributed by atoms with Gasteiger partial charge in [-0.3, -0.25) is 0 Å². The van der Waals surface area contributed by atoms with Gasteiger partial charge >= 0.3 is 0 Å². The molecule has 64 heavy (non-hydrogen) atoms. The Kier molecular flexibility index (Phi) is 9.82. The zero-order chi connectivity index (χ0) is 43.3. The van der Waals surface area contributed by atoms with Gasteiger partial charge in [0.05, 0.1) is 11.2 Å². The molecule has 10 aromatic rings. The average molecular weight is 818 g/mol. The van der Waals surface area contributed by atoms with Crippen LogP contribution in [-0.4, -0.2) is 4.98 Å². The average Bonchev–Trinajstić information content (AvgIpc) is 3.76. The summed E-state index contributed by atoms with van der Waals surface area (Å²) >= 11 is 0. The number of pyridine rings is 1. The molecule has 0 radical (unpaired) electrons. The van der Waals surface area contributed by atoms with Crippen LogP contribution < -0.4 is 0 Å². The number of hydrogen-bond donors (Lipinski definition) is 0. The van der Waals surface area contributed by atoms with Gasteiger partial charge < -0.3 is 0 Å². The monoisotopic (exact) mass is 817 g/mol. The van der Waals surface area contributed by atoms with Crippen molar-refractivity contribution in [3.63, 3.8) is 0 Å². The molecule has 0 aliphatic heterocycles. The smallest absolute Gasteiger partial charge is 0.0721 e. The Bertz CT molecular complexity index is 3140. The summed E-state index contributed by atoms with van der Waals surface area (Å²) < 4.78 is 0. The lowest BCUT2D eigenvalue weighted by atomic mass is 9.88. The lowest BCUT2D eigenvalue weighted by Gasteiger charge is -2.17. The Morgan fingerprint density at radius 1 is 0.250 bits per heavy atom. The van der Waals surface area contributed by atoms with Crippen molar-refractivity contribution in [3.8, 4) is 89.1 Å². The number of nitrogens with zero attached hydrogens (tertiary/aromatic N) is 1. The van der Waals surface area contributed by atoms with E-state index < -0.39 is 0 Å². The van der Waals surface area contributed by atoms with E-state index in [1.165, 1.54) is 94.4 Å². The van der Waals surface area contributed by atoms with Crippen LogP contribution in [0.1, 0.15) is 33.4 Å². The quantitative estimate of drug-likeness (QED) is 0.149. The Hall–Kier alpha value is -7.87. The molecule has 1 heteroatoms. The van der Waals surface area contributed by atoms with Crippen molar-refractivity contribution in [2.45, 2.75) is 27.7 Å². The standard InChI is InChI=1S/C63H47N/c1-40-11-19-44(20-12-40)52-30-53(45-21-13-41(2)14-22-45)33-57(32-52)59-36-56(49-8-5-9-50(29-49)62-39-51-28-27-48-7-6-10-61(64-62)63(48)51)37-60(38-59)58-34-54(46-23-15-42(3)16-24-46)31-55(35-58)47-25-17-43(4)18-26-47/h5-39H,1-4H3. The minimum absolute atomic E-state index is 0.978. The zero-order valence-corrected chi connectivity index (χ0v) is 36.7. The predicted octanol–water partition coefficient (Wildman–Crippen LogP) is 17.3. The predicted molar refractivity (Wildman–Crippen MR) is 273 cm³/mol. The molecule has 0 fully saturated rings. The highest BCUT2D eigenvalue weighted by Crippen LogP contribution is 2.41. The Labute approximate surface area is 376 Å². The molecular weight excluding hydrogens is 771 g/mol. The van der Waals surface area contributed by atoms with Gasteiger partial charge in [0.2, 0.25) is 0 Å². The molecular formula is C63H47N. The Morgan fingerprint density at radius 3 is 0.969 bits per heavy atom. The molecule has 0 bridgehead atoms. The van der Waals surface area contributed by atoms with Crippen LogP contribution in [0.3, 0.4) is 0 Å². The maximum atomic E-state index is 5.21. The molecule has 0 atom stereocenters. The largest absolute Gasteiger partial charge is 0.248 e. The third-order valence-corrected chi connectivity index (χ3v) is 12.8. The van der Waals surface area contributed by atoms with Crippen LogP contribution in [0.2, 0.25) is 0 Å². The van der Waals surface area contributed by atoms with Gasteiger partial charge in [0, 0.05) is 10.9 Å². The summed E-state index contributed by atoms with van der Waals surface area (Å²) in [5.41, 5.74) is 27.1. The molecule has 11 rings (SSSR count). The van der Waals surface area contributed by atoms with Gasteiger partial charge in [-0.05, 0) is 190 Å². The first-order chi connectivity index (χ1) is 31.3. The highest BCUT2D eigenvalue weighted by molar-refractivity contribution is 6.04. The first-order valence-corrected chi connectivity index (χ1v) is 22.2. The summed E-state index contributed by atoms with van der Waals surface area (Å²) in [7, 11) is 0. The van der Waals surface area contributed by atoms with E-state index in [-0.39, 0.29) is 0 Å². The highest BCUT2D eigenvalue weighted by atomic mass is 14.7. The number of rotatable bonds is 8. The van der Waals surface area contributed by atoms with E-state index in [1.807, 2.05) is 0 Å². The van der Waals surface area contributed by atoms with E-state index in [2.05, 4.69) is 240 Å².